The van der Waals surface area contributed by atoms with E-state index in [1.54, 1.807) is 13.8 Å². The van der Waals surface area contributed by atoms with Crippen LogP contribution in [0.2, 0.25) is 5.02 Å². The van der Waals surface area contributed by atoms with Gasteiger partial charge in [0.15, 0.2) is 27.2 Å². The van der Waals surface area contributed by atoms with Crippen molar-refractivity contribution in [2.75, 3.05) is 6.26 Å². The Morgan fingerprint density at radius 1 is 1.24 bits per heavy atom. The van der Waals surface area contributed by atoms with Crippen molar-refractivity contribution in [3.8, 4) is 5.75 Å². The largest absolute Gasteiger partial charge is 0.483 e. The normalized spacial score (nSPS) is 13.9. The Morgan fingerprint density at radius 2 is 1.86 bits per heavy atom. The second kappa shape index (κ2) is 9.27. The number of hydrogen-bond acceptors (Lipinski definition) is 6. The number of carbonyl (C=O) groups is 1. The number of rotatable bonds is 7. The summed E-state index contributed by atoms with van der Waals surface area (Å²) in [5.74, 6) is -2.82. The predicted octanol–water partition coefficient (Wildman–Crippen LogP) is 3.22. The van der Waals surface area contributed by atoms with Crippen LogP contribution in [0.5, 0.6) is 5.75 Å². The van der Waals surface area contributed by atoms with Gasteiger partial charge in [0.25, 0.3) is 5.91 Å². The lowest BCUT2D eigenvalue weighted by atomic mass is 10.1. The quantitative estimate of drug-likeness (QED) is 0.657. The third kappa shape index (κ3) is 6.47. The van der Waals surface area contributed by atoms with Crippen LogP contribution in [0.15, 0.2) is 36.0 Å². The molecule has 0 fully saturated rings. The van der Waals surface area contributed by atoms with E-state index in [-0.39, 0.29) is 22.2 Å². The third-order valence-corrected chi connectivity index (χ3v) is 4.66. The number of halogens is 3. The number of benzene rings is 1. The van der Waals surface area contributed by atoms with Crippen molar-refractivity contribution in [2.45, 2.75) is 26.0 Å². The predicted molar refractivity (Wildman–Crippen MR) is 103 cm³/mol. The first-order chi connectivity index (χ1) is 13.5. The van der Waals surface area contributed by atoms with Gasteiger partial charge in [-0.3, -0.25) is 4.79 Å². The molecule has 0 bridgehead atoms. The standard InChI is InChI=1S/C18H18ClF2N3O4S/c1-10(6-7-29(3,26)27)24-18(25)17-22-8-12(9-23-17)28-11(2)13-4-5-14(20)16(21)15(13)19/h4-11H,1-3H3,(H,24,25)/b7-6+/t10-,11?/m1/s1. The minimum atomic E-state index is -3.30. The van der Waals surface area contributed by atoms with Crippen molar-refractivity contribution in [2.24, 2.45) is 0 Å². The summed E-state index contributed by atoms with van der Waals surface area (Å²) < 4.78 is 54.5. The number of hydrogen-bond donors (Lipinski definition) is 1. The molecule has 1 unspecified atom stereocenters. The maximum Gasteiger partial charge on any atom is 0.289 e. The molecule has 0 aliphatic heterocycles. The van der Waals surface area contributed by atoms with E-state index in [1.165, 1.54) is 24.5 Å². The molecule has 0 saturated carbocycles. The molecule has 0 aliphatic carbocycles. The van der Waals surface area contributed by atoms with Crippen LogP contribution in [0.3, 0.4) is 0 Å². The zero-order valence-corrected chi connectivity index (χ0v) is 17.3. The zero-order valence-electron chi connectivity index (χ0n) is 15.7. The van der Waals surface area contributed by atoms with E-state index in [9.17, 15) is 22.0 Å². The zero-order chi connectivity index (χ0) is 21.8. The third-order valence-electron chi connectivity index (χ3n) is 3.62. The van der Waals surface area contributed by atoms with Crippen molar-refractivity contribution in [3.05, 3.63) is 64.1 Å². The van der Waals surface area contributed by atoms with Crippen LogP contribution in [0.25, 0.3) is 0 Å². The summed E-state index contributed by atoms with van der Waals surface area (Å²) >= 11 is 5.81. The molecule has 1 aromatic carbocycles. The Labute approximate surface area is 171 Å². The summed E-state index contributed by atoms with van der Waals surface area (Å²) in [6.07, 6.45) is 4.10. The van der Waals surface area contributed by atoms with Gasteiger partial charge in [0, 0.05) is 23.3 Å². The van der Waals surface area contributed by atoms with Crippen LogP contribution in [0.4, 0.5) is 8.78 Å². The minimum Gasteiger partial charge on any atom is -0.483 e. The van der Waals surface area contributed by atoms with Crippen LogP contribution in [0, 0.1) is 11.6 Å². The highest BCUT2D eigenvalue weighted by atomic mass is 35.5. The van der Waals surface area contributed by atoms with E-state index >= 15 is 0 Å². The summed E-state index contributed by atoms with van der Waals surface area (Å²) in [7, 11) is -3.30. The van der Waals surface area contributed by atoms with Gasteiger partial charge in [-0.2, -0.15) is 0 Å². The van der Waals surface area contributed by atoms with Crippen LogP contribution < -0.4 is 10.1 Å². The smallest absolute Gasteiger partial charge is 0.289 e. The van der Waals surface area contributed by atoms with E-state index in [4.69, 9.17) is 16.3 Å². The Kier molecular flexibility index (Phi) is 7.26. The van der Waals surface area contributed by atoms with Crippen molar-refractivity contribution in [3.63, 3.8) is 0 Å². The van der Waals surface area contributed by atoms with E-state index < -0.39 is 39.5 Å². The minimum absolute atomic E-state index is 0.157. The number of sulfone groups is 1. The second-order valence-electron chi connectivity index (χ2n) is 6.19. The second-order valence-corrected chi connectivity index (χ2v) is 8.50. The van der Waals surface area contributed by atoms with Crippen LogP contribution in [0.1, 0.15) is 36.1 Å². The summed E-state index contributed by atoms with van der Waals surface area (Å²) in [5.41, 5.74) is 0.235. The van der Waals surface area contributed by atoms with Gasteiger partial charge in [0.2, 0.25) is 5.82 Å². The van der Waals surface area contributed by atoms with Crippen molar-refractivity contribution < 1.29 is 26.7 Å². The van der Waals surface area contributed by atoms with Crippen molar-refractivity contribution in [1.29, 1.82) is 0 Å². The molecule has 2 atom stereocenters. The summed E-state index contributed by atoms with van der Waals surface area (Å²) in [6, 6.07) is 1.69. The van der Waals surface area contributed by atoms with Gasteiger partial charge in [-0.15, -0.1) is 0 Å². The van der Waals surface area contributed by atoms with E-state index in [0.717, 1.165) is 17.7 Å². The molecule has 1 N–H and O–H groups in total. The lowest BCUT2D eigenvalue weighted by molar-refractivity contribution is 0.0936. The average molecular weight is 446 g/mol. The Hall–Kier alpha value is -2.59. The molecule has 11 heteroatoms. The van der Waals surface area contributed by atoms with Gasteiger partial charge < -0.3 is 10.1 Å². The molecule has 1 amide bonds. The van der Waals surface area contributed by atoms with Crippen molar-refractivity contribution in [1.82, 2.24) is 15.3 Å². The summed E-state index contributed by atoms with van der Waals surface area (Å²) in [5, 5.41) is 3.13. The SMILES string of the molecule is CC(Oc1cnc(C(=O)N[C@H](C)/C=C/S(C)(=O)=O)nc1)c1ccc(F)c(F)c1Cl. The molecule has 29 heavy (non-hydrogen) atoms. The fourth-order valence-electron chi connectivity index (χ4n) is 2.20. The first kappa shape index (κ1) is 22.7. The maximum absolute atomic E-state index is 13.6. The molecule has 0 aliphatic rings. The van der Waals surface area contributed by atoms with Gasteiger partial charge in [-0.25, -0.2) is 27.2 Å². The molecule has 156 valence electrons. The van der Waals surface area contributed by atoms with E-state index in [1.807, 2.05) is 0 Å². The Bertz CT molecular complexity index is 1030. The number of nitrogens with one attached hydrogen (secondary N) is 1. The van der Waals surface area contributed by atoms with Gasteiger partial charge in [-0.05, 0) is 19.9 Å². The highest BCUT2D eigenvalue weighted by molar-refractivity contribution is 7.93. The Balaban J connectivity index is 2.04. The topological polar surface area (TPSA) is 98.2 Å². The van der Waals surface area contributed by atoms with Crippen LogP contribution in [-0.2, 0) is 9.84 Å². The molecule has 1 heterocycles. The van der Waals surface area contributed by atoms with E-state index in [0.29, 0.717) is 0 Å². The molecule has 7 nitrogen and oxygen atoms in total. The number of carbonyl (C=O) groups excluding carboxylic acids is 1. The highest BCUT2D eigenvalue weighted by Gasteiger charge is 2.18. The molecule has 0 radical (unpaired) electrons. The molecule has 1 aromatic heterocycles. The molecule has 0 spiro atoms. The Morgan fingerprint density at radius 3 is 2.45 bits per heavy atom. The molecular weight excluding hydrogens is 428 g/mol. The van der Waals surface area contributed by atoms with E-state index in [2.05, 4.69) is 15.3 Å². The van der Waals surface area contributed by atoms with Crippen LogP contribution >= 0.6 is 11.6 Å². The molecule has 2 aromatic rings. The fourth-order valence-corrected chi connectivity index (χ4v) is 3.02. The molecule has 0 saturated heterocycles. The fraction of sp³-hybridized carbons (Fsp3) is 0.278. The lowest BCUT2D eigenvalue weighted by Crippen LogP contribution is -2.32. The van der Waals surface area contributed by atoms with Gasteiger partial charge in [-0.1, -0.05) is 23.7 Å². The summed E-state index contributed by atoms with van der Waals surface area (Å²) in [4.78, 5) is 19.9. The monoisotopic (exact) mass is 445 g/mol. The van der Waals surface area contributed by atoms with Gasteiger partial charge in [0.1, 0.15) is 6.10 Å². The number of ether oxygens (including phenoxy) is 1. The van der Waals surface area contributed by atoms with Crippen LogP contribution in [-0.4, -0.2) is 36.6 Å². The summed E-state index contributed by atoms with van der Waals surface area (Å²) in [6.45, 7) is 3.17. The van der Waals surface area contributed by atoms with Gasteiger partial charge >= 0.3 is 0 Å². The lowest BCUT2D eigenvalue weighted by Gasteiger charge is -2.16. The number of nitrogens with zero attached hydrogens (tertiary/aromatic N) is 2. The maximum atomic E-state index is 13.6. The van der Waals surface area contributed by atoms with Gasteiger partial charge in [0.05, 0.1) is 17.4 Å². The number of aromatic nitrogens is 2. The first-order valence-electron chi connectivity index (χ1n) is 8.29. The first-order valence-corrected chi connectivity index (χ1v) is 10.6. The average Bonchev–Trinajstić information content (AvgIpc) is 2.64. The van der Waals surface area contributed by atoms with Crippen molar-refractivity contribution >= 4 is 27.3 Å². The highest BCUT2D eigenvalue weighted by Crippen LogP contribution is 2.30. The number of amides is 1. The molecule has 2 rings (SSSR count). The molecular formula is C18H18ClF2N3O4S.